The normalized spacial score (nSPS) is 16.2. The third kappa shape index (κ3) is 1.86. The summed E-state index contributed by atoms with van der Waals surface area (Å²) in [4.78, 5) is 4.55. The number of rotatable bonds is 4. The Morgan fingerprint density at radius 2 is 2.05 bits per heavy atom. The zero-order valence-electron chi connectivity index (χ0n) is 11.5. The molecule has 1 aliphatic carbocycles. The summed E-state index contributed by atoms with van der Waals surface area (Å²) in [5.74, 6) is 0.591. The molecule has 1 heterocycles. The molecular weight excluding hydrogens is 241 g/mol. The Kier molecular flexibility index (Phi) is 2.86. The average molecular weight is 261 g/mol. The molecule has 4 heteroatoms. The van der Waals surface area contributed by atoms with E-state index in [1.54, 1.807) is 6.07 Å². The van der Waals surface area contributed by atoms with E-state index in [0.29, 0.717) is 11.6 Å². The highest BCUT2D eigenvalue weighted by Crippen LogP contribution is 2.42. The molecule has 0 radical (unpaired) electrons. The van der Waals surface area contributed by atoms with Crippen molar-refractivity contribution >= 4 is 11.0 Å². The maximum atomic E-state index is 13.9. The highest BCUT2D eigenvalue weighted by Gasteiger charge is 2.36. The average Bonchev–Trinajstić information content (AvgIpc) is 3.18. The number of benzene rings is 1. The van der Waals surface area contributed by atoms with E-state index in [2.05, 4.69) is 23.4 Å². The lowest BCUT2D eigenvalue weighted by atomic mass is 9.93. The number of aromatic nitrogens is 2. The fraction of sp³-hybridized carbons (Fsp3) is 0.533. The SMILES string of the molecule is CCC(N)(CC)c1nc2c(F)cccc2n1C1CC1. The molecule has 1 fully saturated rings. The van der Waals surface area contributed by atoms with E-state index in [4.69, 9.17) is 5.73 Å². The van der Waals surface area contributed by atoms with Crippen molar-refractivity contribution in [1.82, 2.24) is 9.55 Å². The number of halogens is 1. The second-order valence-electron chi connectivity index (χ2n) is 5.51. The fourth-order valence-corrected chi connectivity index (χ4v) is 2.70. The van der Waals surface area contributed by atoms with Crippen molar-refractivity contribution in [3.8, 4) is 0 Å². The first-order valence-electron chi connectivity index (χ1n) is 7.06. The van der Waals surface area contributed by atoms with Crippen LogP contribution in [0, 0.1) is 5.82 Å². The smallest absolute Gasteiger partial charge is 0.151 e. The van der Waals surface area contributed by atoms with Gasteiger partial charge >= 0.3 is 0 Å². The van der Waals surface area contributed by atoms with Crippen molar-refractivity contribution in [2.24, 2.45) is 5.73 Å². The highest BCUT2D eigenvalue weighted by atomic mass is 19.1. The highest BCUT2D eigenvalue weighted by molar-refractivity contribution is 5.77. The van der Waals surface area contributed by atoms with Gasteiger partial charge in [-0.3, -0.25) is 0 Å². The quantitative estimate of drug-likeness (QED) is 0.915. The monoisotopic (exact) mass is 261 g/mol. The molecule has 0 bridgehead atoms. The van der Waals surface area contributed by atoms with E-state index in [1.807, 2.05) is 6.07 Å². The second kappa shape index (κ2) is 4.30. The predicted octanol–water partition coefficient (Wildman–Crippen LogP) is 3.48. The van der Waals surface area contributed by atoms with Crippen LogP contribution in [0.25, 0.3) is 11.0 Å². The minimum absolute atomic E-state index is 0.257. The van der Waals surface area contributed by atoms with E-state index in [9.17, 15) is 4.39 Å². The van der Waals surface area contributed by atoms with Gasteiger partial charge in [0.2, 0.25) is 0 Å². The van der Waals surface area contributed by atoms with Crippen LogP contribution < -0.4 is 5.73 Å². The molecule has 1 aromatic heterocycles. The van der Waals surface area contributed by atoms with E-state index < -0.39 is 5.54 Å². The molecule has 0 unspecified atom stereocenters. The van der Waals surface area contributed by atoms with Crippen molar-refractivity contribution in [1.29, 1.82) is 0 Å². The van der Waals surface area contributed by atoms with Crippen molar-refractivity contribution in [3.63, 3.8) is 0 Å². The zero-order valence-corrected chi connectivity index (χ0v) is 11.5. The number of nitrogens with two attached hydrogens (primary N) is 1. The Morgan fingerprint density at radius 3 is 2.63 bits per heavy atom. The van der Waals surface area contributed by atoms with Crippen molar-refractivity contribution in [3.05, 3.63) is 29.8 Å². The standard InChI is InChI=1S/C15H20FN3/c1-3-15(17,4-2)14-18-13-11(16)6-5-7-12(13)19(14)10-8-9-10/h5-7,10H,3-4,8-9,17H2,1-2H3. The van der Waals surface area contributed by atoms with E-state index in [1.165, 1.54) is 6.07 Å². The molecule has 2 aromatic rings. The van der Waals surface area contributed by atoms with Crippen molar-refractivity contribution in [2.75, 3.05) is 0 Å². The summed E-state index contributed by atoms with van der Waals surface area (Å²) in [6.45, 7) is 4.13. The second-order valence-corrected chi connectivity index (χ2v) is 5.51. The molecule has 1 aromatic carbocycles. The van der Waals surface area contributed by atoms with Gasteiger partial charge in [0.15, 0.2) is 5.82 Å². The van der Waals surface area contributed by atoms with Gasteiger partial charge in [-0.2, -0.15) is 0 Å². The zero-order chi connectivity index (χ0) is 13.6. The number of hydrogen-bond acceptors (Lipinski definition) is 2. The Labute approximate surface area is 112 Å². The van der Waals surface area contributed by atoms with Gasteiger partial charge in [-0.15, -0.1) is 0 Å². The van der Waals surface area contributed by atoms with Gasteiger partial charge < -0.3 is 10.3 Å². The van der Waals surface area contributed by atoms with Crippen LogP contribution in [-0.4, -0.2) is 9.55 Å². The van der Waals surface area contributed by atoms with Gasteiger partial charge in [-0.05, 0) is 37.8 Å². The summed E-state index contributed by atoms with van der Waals surface area (Å²) in [5.41, 5.74) is 7.37. The number of hydrogen-bond donors (Lipinski definition) is 1. The molecule has 0 amide bonds. The van der Waals surface area contributed by atoms with Gasteiger partial charge in [0.25, 0.3) is 0 Å². The van der Waals surface area contributed by atoms with Gasteiger partial charge in [0.1, 0.15) is 11.3 Å². The molecule has 2 N–H and O–H groups in total. The number of para-hydroxylation sites is 1. The van der Waals surface area contributed by atoms with Gasteiger partial charge in [-0.25, -0.2) is 9.37 Å². The maximum Gasteiger partial charge on any atom is 0.151 e. The molecule has 1 aliphatic rings. The fourth-order valence-electron chi connectivity index (χ4n) is 2.70. The van der Waals surface area contributed by atoms with Crippen LogP contribution in [0.4, 0.5) is 4.39 Å². The molecule has 3 nitrogen and oxygen atoms in total. The molecule has 19 heavy (non-hydrogen) atoms. The minimum Gasteiger partial charge on any atom is -0.323 e. The van der Waals surface area contributed by atoms with Crippen LogP contribution in [-0.2, 0) is 5.54 Å². The summed E-state index contributed by atoms with van der Waals surface area (Å²) in [6.07, 6.45) is 3.89. The first kappa shape index (κ1) is 12.6. The molecule has 3 rings (SSSR count). The number of nitrogens with zero attached hydrogens (tertiary/aromatic N) is 2. The Morgan fingerprint density at radius 1 is 1.37 bits per heavy atom. The van der Waals surface area contributed by atoms with Gasteiger partial charge in [0.05, 0.1) is 11.1 Å². The first-order valence-corrected chi connectivity index (χ1v) is 7.06. The van der Waals surface area contributed by atoms with Crippen LogP contribution in [0.5, 0.6) is 0 Å². The van der Waals surface area contributed by atoms with E-state index in [0.717, 1.165) is 37.0 Å². The summed E-state index contributed by atoms with van der Waals surface area (Å²) in [5, 5.41) is 0. The Balaban J connectivity index is 2.29. The molecule has 0 spiro atoms. The molecule has 0 aliphatic heterocycles. The largest absolute Gasteiger partial charge is 0.323 e. The van der Waals surface area contributed by atoms with Crippen LogP contribution in [0.2, 0.25) is 0 Å². The third-order valence-corrected chi connectivity index (χ3v) is 4.29. The molecular formula is C15H20FN3. The Hall–Kier alpha value is -1.42. The lowest BCUT2D eigenvalue weighted by molar-refractivity contribution is 0.371. The molecule has 0 saturated heterocycles. The number of imidazole rings is 1. The van der Waals surface area contributed by atoms with Gasteiger partial charge in [-0.1, -0.05) is 19.9 Å². The Bertz CT molecular complexity index is 609. The predicted molar refractivity (Wildman–Crippen MR) is 74.4 cm³/mol. The summed E-state index contributed by atoms with van der Waals surface area (Å²) >= 11 is 0. The molecule has 0 atom stereocenters. The molecule has 1 saturated carbocycles. The van der Waals surface area contributed by atoms with Crippen LogP contribution in [0.3, 0.4) is 0 Å². The summed E-state index contributed by atoms with van der Waals surface area (Å²) in [7, 11) is 0. The van der Waals surface area contributed by atoms with E-state index in [-0.39, 0.29) is 5.82 Å². The third-order valence-electron chi connectivity index (χ3n) is 4.29. The summed E-state index contributed by atoms with van der Waals surface area (Å²) in [6, 6.07) is 5.60. The lowest BCUT2D eigenvalue weighted by Gasteiger charge is -2.27. The minimum atomic E-state index is -0.464. The summed E-state index contributed by atoms with van der Waals surface area (Å²) < 4.78 is 16.1. The van der Waals surface area contributed by atoms with E-state index >= 15 is 0 Å². The van der Waals surface area contributed by atoms with Crippen LogP contribution in [0.1, 0.15) is 51.4 Å². The van der Waals surface area contributed by atoms with Crippen molar-refractivity contribution in [2.45, 2.75) is 51.1 Å². The number of fused-ring (bicyclic) bond motifs is 1. The topological polar surface area (TPSA) is 43.8 Å². The lowest BCUT2D eigenvalue weighted by Crippen LogP contribution is -2.38. The van der Waals surface area contributed by atoms with Crippen LogP contribution >= 0.6 is 0 Å². The van der Waals surface area contributed by atoms with Crippen molar-refractivity contribution < 1.29 is 4.39 Å². The first-order chi connectivity index (χ1) is 9.10. The molecule has 102 valence electrons. The maximum absolute atomic E-state index is 13.9. The van der Waals surface area contributed by atoms with Gasteiger partial charge in [0, 0.05) is 6.04 Å². The van der Waals surface area contributed by atoms with Crippen LogP contribution in [0.15, 0.2) is 18.2 Å².